The van der Waals surface area contributed by atoms with Crippen LogP contribution < -0.4 is 0 Å². The number of allylic oxidation sites excluding steroid dienone is 5. The Bertz CT molecular complexity index is 1680. The van der Waals surface area contributed by atoms with Gasteiger partial charge in [-0.3, -0.25) is 0 Å². The van der Waals surface area contributed by atoms with Crippen molar-refractivity contribution in [1.29, 1.82) is 0 Å². The molecule has 0 aliphatic carbocycles. The van der Waals surface area contributed by atoms with Crippen LogP contribution in [0.3, 0.4) is 0 Å². The lowest BCUT2D eigenvalue weighted by atomic mass is 9.63. The molecule has 0 N–H and O–H groups in total. The first-order valence-electron chi connectivity index (χ1n) is 11.6. The van der Waals surface area contributed by atoms with E-state index in [1.54, 1.807) is 0 Å². The van der Waals surface area contributed by atoms with E-state index < -0.39 is 0 Å². The second kappa shape index (κ2) is 7.99. The van der Waals surface area contributed by atoms with Crippen LogP contribution in [-0.2, 0) is 7.05 Å². The van der Waals surface area contributed by atoms with E-state index in [1.165, 1.54) is 65.6 Å². The molecule has 0 spiro atoms. The summed E-state index contributed by atoms with van der Waals surface area (Å²) >= 11 is 0. The molecule has 0 saturated carbocycles. The maximum Gasteiger partial charge on any atom is 0.138 e. The summed E-state index contributed by atoms with van der Waals surface area (Å²) < 4.78 is 8.47. The first kappa shape index (κ1) is 21.6. The summed E-state index contributed by atoms with van der Waals surface area (Å²) in [5, 5.41) is 4.93. The quantitative estimate of drug-likeness (QED) is 0.322. The molecule has 3 aromatic carbocycles. The molecule has 0 amide bonds. The van der Waals surface area contributed by atoms with Gasteiger partial charge in [-0.1, -0.05) is 35.3 Å². The lowest BCUT2D eigenvalue weighted by Crippen LogP contribution is -2.02. The summed E-state index contributed by atoms with van der Waals surface area (Å²) in [4.78, 5) is 0. The number of hydrogen-bond donors (Lipinski definition) is 0. The van der Waals surface area contributed by atoms with Crippen LogP contribution in [0, 0.1) is 0 Å². The summed E-state index contributed by atoms with van der Waals surface area (Å²) in [6.45, 7) is 2.24. The molecule has 33 heavy (non-hydrogen) atoms. The Morgan fingerprint density at radius 2 is 1.58 bits per heavy atom. The van der Waals surface area contributed by atoms with Gasteiger partial charge in [0.15, 0.2) is 0 Å². The number of hydrogen-bond acceptors (Lipinski definition) is 1. The fraction of sp³-hybridized carbons (Fsp3) is 0.0769. The minimum absolute atomic E-state index is 0.939. The monoisotopic (exact) mass is 423 g/mol. The molecule has 156 valence electrons. The van der Waals surface area contributed by atoms with E-state index in [9.17, 15) is 0 Å². The Morgan fingerprint density at radius 3 is 2.33 bits per heavy atom. The van der Waals surface area contributed by atoms with Gasteiger partial charge in [0.2, 0.25) is 0 Å². The van der Waals surface area contributed by atoms with Crippen LogP contribution in [0.4, 0.5) is 0 Å². The van der Waals surface area contributed by atoms with Crippen LogP contribution >= 0.6 is 0 Å². The Balaban J connectivity index is 1.78. The fourth-order valence-electron chi connectivity index (χ4n) is 5.05. The number of furan rings is 1. The Labute approximate surface area is 199 Å². The molecule has 0 bridgehead atoms. The Hall–Kier alpha value is -3.20. The zero-order valence-electron chi connectivity index (χ0n) is 20.6. The standard InChI is InChI=1S/C26H26B5NO/c1-13(23(29)25(31)24(30)18(28)12-27)14-7-9-19-17(11-14)15-8-10-21-22(26(15)32(19)2)16-5-3-4-6-20(16)33-21/h3-12H,27-31H2,1-2H3/b18-12-,23-13-,25-24-. The first-order chi connectivity index (χ1) is 15.8. The van der Waals surface area contributed by atoms with Gasteiger partial charge in [0.25, 0.3) is 0 Å². The molecule has 2 heterocycles. The number of benzene rings is 3. The highest BCUT2D eigenvalue weighted by atomic mass is 16.3. The highest BCUT2D eigenvalue weighted by molar-refractivity contribution is 6.47. The lowest BCUT2D eigenvalue weighted by molar-refractivity contribution is 0.669. The zero-order chi connectivity index (χ0) is 23.4. The number of aromatic nitrogens is 1. The van der Waals surface area contributed by atoms with Crippen LogP contribution in [0.25, 0.3) is 49.3 Å². The molecule has 7 heteroatoms. The highest BCUT2D eigenvalue weighted by Gasteiger charge is 2.17. The zero-order valence-corrected chi connectivity index (χ0v) is 20.6. The van der Waals surface area contributed by atoms with Gasteiger partial charge < -0.3 is 8.98 Å². The van der Waals surface area contributed by atoms with E-state index in [-0.39, 0.29) is 0 Å². The molecule has 2 nitrogen and oxygen atoms in total. The van der Waals surface area contributed by atoms with E-state index in [1.807, 2.05) is 12.1 Å². The average Bonchev–Trinajstić information content (AvgIpc) is 3.36. The molecule has 0 unspecified atom stereocenters. The van der Waals surface area contributed by atoms with Gasteiger partial charge in [0.05, 0.1) is 10.9 Å². The van der Waals surface area contributed by atoms with Crippen LogP contribution in [0.1, 0.15) is 12.5 Å². The van der Waals surface area contributed by atoms with Crippen LogP contribution in [-0.4, -0.2) is 43.8 Å². The van der Waals surface area contributed by atoms with Gasteiger partial charge in [-0.05, 0) is 42.8 Å². The second-order valence-corrected chi connectivity index (χ2v) is 9.20. The van der Waals surface area contributed by atoms with Crippen molar-refractivity contribution >= 4 is 88.5 Å². The van der Waals surface area contributed by atoms with Gasteiger partial charge in [0, 0.05) is 28.7 Å². The van der Waals surface area contributed by atoms with Crippen LogP contribution in [0.15, 0.2) is 86.9 Å². The SMILES string of the molecule is B/C=C(B)/C(B)=C(B)\C(B)=C(/C)c1ccc2c(c1)c1ccc3oc4ccccc4c3c1n2C. The number of fused-ring (bicyclic) bond motifs is 7. The first-order valence-corrected chi connectivity index (χ1v) is 11.6. The van der Waals surface area contributed by atoms with Gasteiger partial charge in [-0.15, -0.1) is 22.4 Å². The minimum Gasteiger partial charge on any atom is -0.456 e. The Morgan fingerprint density at radius 1 is 0.818 bits per heavy atom. The van der Waals surface area contributed by atoms with Crippen LogP contribution in [0.2, 0.25) is 0 Å². The van der Waals surface area contributed by atoms with Gasteiger partial charge in [-0.25, -0.2) is 0 Å². The molecule has 0 aliphatic heterocycles. The van der Waals surface area contributed by atoms with E-state index in [2.05, 4.69) is 106 Å². The number of aryl methyl sites for hydroxylation is 1. The topological polar surface area (TPSA) is 18.1 Å². The van der Waals surface area contributed by atoms with Crippen molar-refractivity contribution in [2.75, 3.05) is 0 Å². The molecule has 0 aliphatic rings. The molecular formula is C26H26B5NO. The van der Waals surface area contributed by atoms with Crippen molar-refractivity contribution < 1.29 is 4.42 Å². The third-order valence-corrected chi connectivity index (χ3v) is 7.64. The molecule has 5 rings (SSSR count). The van der Waals surface area contributed by atoms with Crippen molar-refractivity contribution in [2.24, 2.45) is 7.05 Å². The molecule has 0 atom stereocenters. The normalized spacial score (nSPS) is 14.3. The highest BCUT2D eigenvalue weighted by Crippen LogP contribution is 2.39. The van der Waals surface area contributed by atoms with E-state index in [4.69, 9.17) is 4.42 Å². The van der Waals surface area contributed by atoms with Gasteiger partial charge >= 0.3 is 0 Å². The van der Waals surface area contributed by atoms with E-state index in [0.29, 0.717) is 0 Å². The van der Waals surface area contributed by atoms with Crippen molar-refractivity contribution in [2.45, 2.75) is 6.92 Å². The summed E-state index contributed by atoms with van der Waals surface area (Å²) in [6, 6.07) is 19.5. The molecular weight excluding hydrogens is 396 g/mol. The van der Waals surface area contributed by atoms with E-state index >= 15 is 0 Å². The largest absolute Gasteiger partial charge is 0.456 e. The van der Waals surface area contributed by atoms with Gasteiger partial charge in [0.1, 0.15) is 50.4 Å². The summed E-state index contributed by atoms with van der Waals surface area (Å²) in [5.41, 5.74) is 12.3. The average molecular weight is 423 g/mol. The molecule has 0 saturated heterocycles. The predicted octanol–water partition coefficient (Wildman–Crippen LogP) is 2.18. The smallest absolute Gasteiger partial charge is 0.138 e. The summed E-state index contributed by atoms with van der Waals surface area (Å²) in [5.74, 6) is 2.18. The van der Waals surface area contributed by atoms with Crippen molar-refractivity contribution in [1.82, 2.24) is 4.57 Å². The fourth-order valence-corrected chi connectivity index (χ4v) is 5.05. The maximum absolute atomic E-state index is 6.15. The van der Waals surface area contributed by atoms with E-state index in [0.717, 1.165) is 11.2 Å². The van der Waals surface area contributed by atoms with Crippen molar-refractivity contribution in [3.63, 3.8) is 0 Å². The number of rotatable bonds is 3. The molecule has 0 fully saturated rings. The van der Waals surface area contributed by atoms with Crippen molar-refractivity contribution in [3.8, 4) is 0 Å². The third kappa shape index (κ3) is 3.25. The molecule has 0 radical (unpaired) electrons. The number of nitrogens with zero attached hydrogens (tertiary/aromatic N) is 1. The summed E-state index contributed by atoms with van der Waals surface area (Å²) in [6.07, 6.45) is 0. The van der Waals surface area contributed by atoms with Gasteiger partial charge in [-0.2, -0.15) is 0 Å². The molecule has 5 aromatic rings. The van der Waals surface area contributed by atoms with Crippen molar-refractivity contribution in [3.05, 3.63) is 88.0 Å². The lowest BCUT2D eigenvalue weighted by Gasteiger charge is -2.14. The predicted molar refractivity (Wildman–Crippen MR) is 158 cm³/mol. The second-order valence-electron chi connectivity index (χ2n) is 9.20. The Kier molecular flexibility index (Phi) is 5.24. The third-order valence-electron chi connectivity index (χ3n) is 7.64. The summed E-state index contributed by atoms with van der Waals surface area (Å²) in [7, 11) is 13.1. The minimum atomic E-state index is 0.939. The van der Waals surface area contributed by atoms with Crippen LogP contribution in [0.5, 0.6) is 0 Å². The molecule has 2 aromatic heterocycles. The maximum atomic E-state index is 6.15. The number of para-hydroxylation sites is 1.